The van der Waals surface area contributed by atoms with Crippen LogP contribution in [-0.4, -0.2) is 136 Å². The molecule has 728 valence electrons. The molecule has 0 N–H and O–H groups in total. The Morgan fingerprint density at radius 2 is 0.336 bits per heavy atom. The molecule has 0 fully saturated rings. The molecule has 0 saturated heterocycles. The number of carbonyl (C=O) groups excluding carboxylic acids is 16. The minimum atomic E-state index is -1.02. The Bertz CT molecular complexity index is 5980. The predicted molar refractivity (Wildman–Crippen MR) is 495 cm³/mol. The van der Waals surface area contributed by atoms with Crippen LogP contribution in [0.1, 0.15) is 125 Å². The molecule has 0 saturated carbocycles. The molecule has 0 amide bonds. The third kappa shape index (κ3) is 31.8. The lowest BCUT2D eigenvalue weighted by atomic mass is 10.1. The minimum absolute atomic E-state index is 0.0158. The van der Waals surface area contributed by atoms with Gasteiger partial charge in [-0.25, -0.2) is 76.7 Å². The summed E-state index contributed by atoms with van der Waals surface area (Å²) in [5.74, 6) is -19.1. The van der Waals surface area contributed by atoms with Gasteiger partial charge < -0.3 is 104 Å². The van der Waals surface area contributed by atoms with Crippen molar-refractivity contribution in [3.63, 3.8) is 0 Å². The zero-order chi connectivity index (χ0) is 104. The first kappa shape index (κ1) is 109. The molecule has 8 aromatic rings. The van der Waals surface area contributed by atoms with E-state index in [1.54, 1.807) is 12.1 Å². The Morgan fingerprint density at radius 3 is 0.507 bits per heavy atom. The molecule has 0 aromatic heterocycles. The van der Waals surface area contributed by atoms with Crippen LogP contribution in [0.25, 0.3) is 21.5 Å². The molecule has 0 bridgehead atoms. The van der Waals surface area contributed by atoms with E-state index in [1.807, 2.05) is 0 Å². The highest BCUT2D eigenvalue weighted by molar-refractivity contribution is 6.02. The molecule has 0 aliphatic heterocycles. The molecule has 38 nitrogen and oxygen atoms in total. The summed E-state index contributed by atoms with van der Waals surface area (Å²) in [6.45, 7) is 54.4. The lowest BCUT2D eigenvalue weighted by Gasteiger charge is -2.18. The fraction of sp³-hybridized carbons (Fsp3) is 0.176. The van der Waals surface area contributed by atoms with Gasteiger partial charge in [0.2, 0.25) is 63.8 Å². The summed E-state index contributed by atoms with van der Waals surface area (Å²) in [5, 5.41) is 1.98. The van der Waals surface area contributed by atoms with E-state index in [0.29, 0.717) is 21.5 Å². The predicted octanol–water partition coefficient (Wildman–Crippen LogP) is 16.2. The second kappa shape index (κ2) is 50.0. The molecule has 0 aliphatic rings. The van der Waals surface area contributed by atoms with E-state index in [2.05, 4.69) is 78.9 Å². The van der Waals surface area contributed by atoms with Crippen molar-refractivity contribution in [1.82, 2.24) is 0 Å². The first-order valence-electron chi connectivity index (χ1n) is 40.6. The number of hydrogen-bond acceptors (Lipinski definition) is 38. The second-order valence-electron chi connectivity index (χ2n) is 30.0. The van der Waals surface area contributed by atoms with E-state index < -0.39 is 171 Å². The van der Waals surface area contributed by atoms with Crippen molar-refractivity contribution in [2.24, 2.45) is 0 Å². The van der Waals surface area contributed by atoms with E-state index in [-0.39, 0.29) is 147 Å². The summed E-state index contributed by atoms with van der Waals surface area (Å²) in [4.78, 5) is 203. The highest BCUT2D eigenvalue weighted by Gasteiger charge is 2.32. The molecular formula is C102H92O38. The molecule has 0 spiro atoms. The average molecular weight is 1930 g/mol. The van der Waals surface area contributed by atoms with Gasteiger partial charge in [0.15, 0.2) is 46.0 Å². The molecule has 0 atom stereocenters. The van der Waals surface area contributed by atoms with Gasteiger partial charge in [-0.2, -0.15) is 0 Å². The lowest BCUT2D eigenvalue weighted by Crippen LogP contribution is -2.17. The Balaban J connectivity index is 0.000000386. The fourth-order valence-corrected chi connectivity index (χ4v) is 10.0. The van der Waals surface area contributed by atoms with Gasteiger partial charge in [0.25, 0.3) is 0 Å². The summed E-state index contributed by atoms with van der Waals surface area (Å²) in [5.41, 5.74) is -1.00. The molecule has 0 radical (unpaired) electrons. The van der Waals surface area contributed by atoms with Crippen LogP contribution in [0.5, 0.6) is 92.0 Å². The highest BCUT2D eigenvalue weighted by atomic mass is 16.7. The van der Waals surface area contributed by atoms with Crippen LogP contribution in [0.2, 0.25) is 0 Å². The van der Waals surface area contributed by atoms with E-state index in [0.717, 1.165) is 48.5 Å². The topological polar surface area (TPSA) is 476 Å². The van der Waals surface area contributed by atoms with Crippen LogP contribution >= 0.6 is 0 Å². The van der Waals surface area contributed by atoms with Crippen molar-refractivity contribution < 1.29 is 181 Å². The Labute approximate surface area is 799 Å². The number of esters is 16. The standard InChI is InChI=1S/C54H52O22.C48H40O16/c1-29(2)47(55)69-23-63-41-19-37(20-42(64-24-70-48(56)30(3)4)45(41)67-27-73-51(59)33(9)10)53(61)75-39-15-13-36-18-40(16-14-35(36)17-39)76-54(62)38-21-43(65-25-71-49(57)31(5)6)46(68-28-74-52(60)34(11)12)44(22-38)66-26-72-50(58)32(7)8;1-23(2)41(49)59-35-19-31(20-36(60-42(50)24(3)4)39(35)63-45(53)27(9)10)47(55)57-33-15-13-30-18-34(16-14-29(30)17-33)58-48(56)32-21-37(61-43(51)25(5)6)40(64-46(54)28(11)12)38(22-32)62-44(52)26(7)8/h13-22H,1,3,5,7,9,11,23-28H2,2,4,6,8,10,12H3;13-22H,1,3,5,7,9,11H2,2,4,6,8,10,12H3. The lowest BCUT2D eigenvalue weighted by molar-refractivity contribution is -0.148. The normalized spacial score (nSPS) is 10.3. The van der Waals surface area contributed by atoms with Gasteiger partial charge >= 0.3 is 95.5 Å². The van der Waals surface area contributed by atoms with Gasteiger partial charge in [0.1, 0.15) is 23.0 Å². The molecule has 0 aliphatic carbocycles. The average Bonchev–Trinajstić information content (AvgIpc) is 0.792. The van der Waals surface area contributed by atoms with Crippen molar-refractivity contribution in [2.45, 2.75) is 83.1 Å². The van der Waals surface area contributed by atoms with Crippen LogP contribution in [0.3, 0.4) is 0 Å². The molecule has 38 heteroatoms. The van der Waals surface area contributed by atoms with Gasteiger partial charge in [0, 0.05) is 66.9 Å². The maximum Gasteiger partial charge on any atom is 0.343 e. The third-order valence-corrected chi connectivity index (χ3v) is 17.2. The van der Waals surface area contributed by atoms with E-state index >= 15 is 0 Å². The van der Waals surface area contributed by atoms with Crippen molar-refractivity contribution in [3.05, 3.63) is 289 Å². The first-order chi connectivity index (χ1) is 65.9. The summed E-state index contributed by atoms with van der Waals surface area (Å²) >= 11 is 0. The Kier molecular flexibility index (Phi) is 38.7. The Hall–Kier alpha value is -18.5. The van der Waals surface area contributed by atoms with Crippen molar-refractivity contribution in [3.8, 4) is 92.0 Å². The van der Waals surface area contributed by atoms with Gasteiger partial charge in [-0.05, 0) is 202 Å². The highest BCUT2D eigenvalue weighted by Crippen LogP contribution is 2.46. The second-order valence-corrected chi connectivity index (χ2v) is 30.0. The summed E-state index contributed by atoms with van der Waals surface area (Å²) in [6.07, 6.45) is 0. The number of hydrogen-bond donors (Lipinski definition) is 0. The summed E-state index contributed by atoms with van der Waals surface area (Å²) in [6, 6.07) is 26.6. The SMILES string of the molecule is C=C(C)C(=O)OCOc1cc(C(=O)Oc2ccc3cc(OC(=O)c4cc(OCOC(=O)C(=C)C)c(OCOC(=O)C(=C)C)c(OCOC(=O)C(=C)C)c4)ccc3c2)cc(OCOC(=O)C(=C)C)c1OCOC(=O)C(=C)C.C=C(C)C(=O)Oc1cc(C(=O)Oc2ccc3cc(OC(=O)c4cc(OC(=O)C(=C)C)c(OC(=O)C(=C)C)c(OC(=O)C(=C)C)c4)ccc3c2)cc(OC(=O)C(=C)C)c1OC(=O)C(=C)C. The van der Waals surface area contributed by atoms with Crippen molar-refractivity contribution in [1.29, 1.82) is 0 Å². The maximum atomic E-state index is 13.8. The van der Waals surface area contributed by atoms with Crippen molar-refractivity contribution in [2.75, 3.05) is 40.8 Å². The van der Waals surface area contributed by atoms with Crippen LogP contribution < -0.4 is 75.8 Å². The van der Waals surface area contributed by atoms with Gasteiger partial charge in [-0.3, -0.25) is 0 Å². The van der Waals surface area contributed by atoms with Gasteiger partial charge in [-0.15, -0.1) is 0 Å². The fourth-order valence-electron chi connectivity index (χ4n) is 10.0. The quantitative estimate of drug-likeness (QED) is 0.0112. The smallest absolute Gasteiger partial charge is 0.343 e. The van der Waals surface area contributed by atoms with E-state index in [9.17, 15) is 76.7 Å². The maximum absolute atomic E-state index is 13.8. The van der Waals surface area contributed by atoms with Crippen LogP contribution in [0.15, 0.2) is 267 Å². The summed E-state index contributed by atoms with van der Waals surface area (Å²) < 4.78 is 119. The molecule has 8 rings (SSSR count). The van der Waals surface area contributed by atoms with Crippen molar-refractivity contribution >= 4 is 117 Å². The molecule has 0 heterocycles. The minimum Gasteiger partial charge on any atom is -0.453 e. The van der Waals surface area contributed by atoms with E-state index in [1.165, 1.54) is 144 Å². The van der Waals surface area contributed by atoms with Crippen LogP contribution in [0.4, 0.5) is 0 Å². The van der Waals surface area contributed by atoms with Gasteiger partial charge in [-0.1, -0.05) is 103 Å². The molecular weight excluding hydrogens is 1830 g/mol. The number of rotatable bonds is 44. The van der Waals surface area contributed by atoms with E-state index in [4.69, 9.17) is 104 Å². The van der Waals surface area contributed by atoms with Crippen LogP contribution in [0, 0.1) is 0 Å². The third-order valence-electron chi connectivity index (χ3n) is 17.2. The largest absolute Gasteiger partial charge is 0.453 e. The van der Waals surface area contributed by atoms with Gasteiger partial charge in [0.05, 0.1) is 22.3 Å². The number of benzene rings is 8. The molecule has 140 heavy (non-hydrogen) atoms. The first-order valence-corrected chi connectivity index (χ1v) is 40.6. The zero-order valence-corrected chi connectivity index (χ0v) is 77.8. The Morgan fingerprint density at radius 1 is 0.179 bits per heavy atom. The molecule has 8 aromatic carbocycles. The zero-order valence-electron chi connectivity index (χ0n) is 77.8. The monoisotopic (exact) mass is 1920 g/mol. The van der Waals surface area contributed by atoms with Crippen LogP contribution in [-0.2, 0) is 86.0 Å². The molecule has 0 unspecified atom stereocenters. The number of carbonyl (C=O) groups is 16. The summed E-state index contributed by atoms with van der Waals surface area (Å²) in [7, 11) is 0. The number of fused-ring (bicyclic) bond motifs is 2. The number of ether oxygens (including phenoxy) is 22.